The molecule has 1 amide bonds. The molecule has 0 spiro atoms. The van der Waals surface area contributed by atoms with Crippen LogP contribution in [0, 0.1) is 5.41 Å². The van der Waals surface area contributed by atoms with Crippen molar-refractivity contribution >= 4 is 23.1 Å². The minimum atomic E-state index is 0.0616. The summed E-state index contributed by atoms with van der Waals surface area (Å²) in [5, 5.41) is 11.0. The van der Waals surface area contributed by atoms with Crippen molar-refractivity contribution in [2.75, 3.05) is 23.3 Å². The van der Waals surface area contributed by atoms with Gasteiger partial charge in [-0.05, 0) is 60.6 Å². The highest BCUT2D eigenvalue weighted by atomic mass is 16.2. The van der Waals surface area contributed by atoms with Crippen LogP contribution in [0.3, 0.4) is 0 Å². The van der Waals surface area contributed by atoms with Gasteiger partial charge in [0.05, 0.1) is 0 Å². The molecule has 1 heterocycles. The molecule has 0 bridgehead atoms. The van der Waals surface area contributed by atoms with Gasteiger partial charge < -0.3 is 16.0 Å². The summed E-state index contributed by atoms with van der Waals surface area (Å²) in [7, 11) is 0. The molecule has 0 saturated heterocycles. The fraction of sp³-hybridized carbons (Fsp3) is 0.259. The molecule has 0 unspecified atom stereocenters. The van der Waals surface area contributed by atoms with E-state index < -0.39 is 0 Å². The molecule has 0 radical (unpaired) electrons. The number of amidine groups is 1. The standard InChI is InChI=1S/C27H30N4O/c28-27(29)22-11-8-21(9-12-22)10-15-26(32)31-18-4-7-23-19-24(13-14-25(23)31)30-17-16-20-5-2-1-3-6-20/h1-3,5-6,8-9,11-14,19,30H,4,7,10,15-18H2,(H3,28,29). The fourth-order valence-corrected chi connectivity index (χ4v) is 4.20. The zero-order valence-electron chi connectivity index (χ0n) is 18.3. The van der Waals surface area contributed by atoms with Gasteiger partial charge in [-0.25, -0.2) is 0 Å². The normalized spacial score (nSPS) is 12.8. The Balaban J connectivity index is 1.35. The molecule has 4 rings (SSSR count). The van der Waals surface area contributed by atoms with Crippen molar-refractivity contribution < 1.29 is 4.79 Å². The number of nitrogens with zero attached hydrogens (tertiary/aromatic N) is 1. The summed E-state index contributed by atoms with van der Waals surface area (Å²) in [4.78, 5) is 14.9. The van der Waals surface area contributed by atoms with E-state index in [0.29, 0.717) is 18.4 Å². The lowest BCUT2D eigenvalue weighted by Gasteiger charge is -2.30. The van der Waals surface area contributed by atoms with Gasteiger partial charge >= 0.3 is 0 Å². The fourth-order valence-electron chi connectivity index (χ4n) is 4.20. The third kappa shape index (κ3) is 5.35. The Labute approximate surface area is 189 Å². The number of carbonyl (C=O) groups is 1. The Bertz CT molecular complexity index is 1080. The van der Waals surface area contributed by atoms with Gasteiger partial charge in [0.15, 0.2) is 0 Å². The first-order valence-electron chi connectivity index (χ1n) is 11.2. The van der Waals surface area contributed by atoms with Gasteiger partial charge in [0.2, 0.25) is 5.91 Å². The minimum absolute atomic E-state index is 0.0616. The van der Waals surface area contributed by atoms with Crippen LogP contribution < -0.4 is 16.0 Å². The van der Waals surface area contributed by atoms with Crippen LogP contribution in [0.5, 0.6) is 0 Å². The largest absolute Gasteiger partial charge is 0.385 e. The minimum Gasteiger partial charge on any atom is -0.385 e. The van der Waals surface area contributed by atoms with Gasteiger partial charge in [-0.15, -0.1) is 0 Å². The van der Waals surface area contributed by atoms with E-state index in [1.807, 2.05) is 35.2 Å². The van der Waals surface area contributed by atoms with Gasteiger partial charge in [-0.3, -0.25) is 10.2 Å². The van der Waals surface area contributed by atoms with Crippen LogP contribution in [-0.4, -0.2) is 24.8 Å². The third-order valence-corrected chi connectivity index (χ3v) is 5.98. The number of rotatable bonds is 8. The smallest absolute Gasteiger partial charge is 0.227 e. The molecule has 0 atom stereocenters. The summed E-state index contributed by atoms with van der Waals surface area (Å²) in [6, 6.07) is 24.4. The average molecular weight is 427 g/mol. The maximum absolute atomic E-state index is 13.0. The number of fused-ring (bicyclic) bond motifs is 1. The first-order chi connectivity index (χ1) is 15.6. The Hall–Kier alpha value is -3.60. The first kappa shape index (κ1) is 21.6. The van der Waals surface area contributed by atoms with Crippen molar-refractivity contribution in [3.63, 3.8) is 0 Å². The molecule has 0 fully saturated rings. The molecule has 5 nitrogen and oxygen atoms in total. The summed E-state index contributed by atoms with van der Waals surface area (Å²) in [6.45, 7) is 1.66. The topological polar surface area (TPSA) is 82.2 Å². The third-order valence-electron chi connectivity index (χ3n) is 5.98. The van der Waals surface area contributed by atoms with Crippen LogP contribution in [-0.2, 0) is 24.1 Å². The van der Waals surface area contributed by atoms with Crippen LogP contribution in [0.4, 0.5) is 11.4 Å². The number of hydrogen-bond acceptors (Lipinski definition) is 3. The first-order valence-corrected chi connectivity index (χ1v) is 11.2. The molecular weight excluding hydrogens is 396 g/mol. The van der Waals surface area contributed by atoms with Crippen molar-refractivity contribution in [1.29, 1.82) is 5.41 Å². The number of anilines is 2. The zero-order valence-corrected chi connectivity index (χ0v) is 18.3. The summed E-state index contributed by atoms with van der Waals surface area (Å²) in [6.07, 6.45) is 4.12. The molecule has 1 aliphatic heterocycles. The van der Waals surface area contributed by atoms with Crippen molar-refractivity contribution in [1.82, 2.24) is 0 Å². The number of nitrogens with two attached hydrogens (primary N) is 1. The summed E-state index contributed by atoms with van der Waals surface area (Å²) in [5.41, 5.74) is 12.0. The van der Waals surface area contributed by atoms with Crippen molar-refractivity contribution in [3.05, 3.63) is 95.1 Å². The summed E-state index contributed by atoms with van der Waals surface area (Å²) < 4.78 is 0. The SMILES string of the molecule is N=C(N)c1ccc(CCC(=O)N2CCCc3cc(NCCc4ccccc4)ccc32)cc1. The van der Waals surface area contributed by atoms with E-state index in [-0.39, 0.29) is 11.7 Å². The summed E-state index contributed by atoms with van der Waals surface area (Å²) in [5.74, 6) is 0.220. The monoisotopic (exact) mass is 426 g/mol. The number of hydrogen-bond donors (Lipinski definition) is 3. The number of aryl methyl sites for hydroxylation is 2. The van der Waals surface area contributed by atoms with E-state index in [9.17, 15) is 4.79 Å². The van der Waals surface area contributed by atoms with Gasteiger partial charge in [0.25, 0.3) is 0 Å². The molecular formula is C27H30N4O. The van der Waals surface area contributed by atoms with E-state index in [1.165, 1.54) is 11.1 Å². The molecule has 0 aromatic heterocycles. The van der Waals surface area contributed by atoms with Gasteiger partial charge in [0, 0.05) is 36.4 Å². The van der Waals surface area contributed by atoms with Crippen LogP contribution in [0.2, 0.25) is 0 Å². The van der Waals surface area contributed by atoms with E-state index in [2.05, 4.69) is 47.8 Å². The second-order valence-electron chi connectivity index (χ2n) is 8.27. The maximum Gasteiger partial charge on any atom is 0.227 e. The number of nitrogens with one attached hydrogen (secondary N) is 2. The number of benzene rings is 3. The van der Waals surface area contributed by atoms with E-state index in [1.54, 1.807) is 0 Å². The molecule has 0 saturated carbocycles. The predicted octanol–water partition coefficient (Wildman–Crippen LogP) is 4.54. The number of nitrogen functional groups attached to an aromatic ring is 1. The molecule has 32 heavy (non-hydrogen) atoms. The van der Waals surface area contributed by atoms with E-state index >= 15 is 0 Å². The Morgan fingerprint density at radius 3 is 2.47 bits per heavy atom. The zero-order chi connectivity index (χ0) is 22.3. The molecule has 164 valence electrons. The molecule has 0 aliphatic carbocycles. The molecule has 3 aromatic carbocycles. The van der Waals surface area contributed by atoms with Crippen LogP contribution in [0.1, 0.15) is 35.1 Å². The second kappa shape index (κ2) is 10.1. The van der Waals surface area contributed by atoms with Crippen LogP contribution >= 0.6 is 0 Å². The number of amides is 1. The van der Waals surface area contributed by atoms with Crippen LogP contribution in [0.15, 0.2) is 72.8 Å². The highest BCUT2D eigenvalue weighted by Crippen LogP contribution is 2.30. The average Bonchev–Trinajstić information content (AvgIpc) is 2.83. The quantitative estimate of drug-likeness (QED) is 0.365. The van der Waals surface area contributed by atoms with Crippen molar-refractivity contribution in [2.45, 2.75) is 32.1 Å². The van der Waals surface area contributed by atoms with Gasteiger partial charge in [0.1, 0.15) is 5.84 Å². The van der Waals surface area contributed by atoms with Crippen LogP contribution in [0.25, 0.3) is 0 Å². The van der Waals surface area contributed by atoms with Gasteiger partial charge in [-0.2, -0.15) is 0 Å². The lowest BCUT2D eigenvalue weighted by molar-refractivity contribution is -0.118. The molecule has 4 N–H and O–H groups in total. The highest BCUT2D eigenvalue weighted by molar-refractivity contribution is 5.95. The van der Waals surface area contributed by atoms with E-state index in [4.69, 9.17) is 11.1 Å². The molecule has 1 aliphatic rings. The van der Waals surface area contributed by atoms with Gasteiger partial charge in [-0.1, -0.05) is 54.6 Å². The predicted molar refractivity (Wildman–Crippen MR) is 132 cm³/mol. The lowest BCUT2D eigenvalue weighted by Crippen LogP contribution is -2.35. The lowest BCUT2D eigenvalue weighted by atomic mass is 9.99. The summed E-state index contributed by atoms with van der Waals surface area (Å²) >= 11 is 0. The molecule has 5 heteroatoms. The maximum atomic E-state index is 13.0. The number of carbonyl (C=O) groups excluding carboxylic acids is 1. The second-order valence-corrected chi connectivity index (χ2v) is 8.27. The Morgan fingerprint density at radius 2 is 1.72 bits per heavy atom. The highest BCUT2D eigenvalue weighted by Gasteiger charge is 2.22. The Kier molecular flexibility index (Phi) is 6.85. The van der Waals surface area contributed by atoms with Crippen molar-refractivity contribution in [2.24, 2.45) is 5.73 Å². The van der Waals surface area contributed by atoms with E-state index in [0.717, 1.165) is 49.3 Å². The van der Waals surface area contributed by atoms with Crippen molar-refractivity contribution in [3.8, 4) is 0 Å². The Morgan fingerprint density at radius 1 is 0.969 bits per heavy atom. The molecule has 3 aromatic rings.